The molecule has 5 nitrogen and oxygen atoms in total. The Morgan fingerprint density at radius 1 is 1.33 bits per heavy atom. The maximum atomic E-state index is 12.5. The van der Waals surface area contributed by atoms with E-state index in [0.717, 1.165) is 52.1 Å². The van der Waals surface area contributed by atoms with Crippen molar-refractivity contribution >= 4 is 5.97 Å². The van der Waals surface area contributed by atoms with Gasteiger partial charge in [-0.25, -0.2) is 0 Å². The Bertz CT molecular complexity index is 478. The third-order valence-corrected chi connectivity index (χ3v) is 7.34. The van der Waals surface area contributed by atoms with E-state index in [-0.39, 0.29) is 23.4 Å². The molecule has 6 atom stereocenters. The fourth-order valence-electron chi connectivity index (χ4n) is 5.96. The van der Waals surface area contributed by atoms with Crippen LogP contribution in [-0.2, 0) is 14.3 Å². The maximum Gasteiger partial charge on any atom is 0.310 e. The highest BCUT2D eigenvalue weighted by molar-refractivity contribution is 5.75. The monoisotopic (exact) mass is 337 g/mol. The van der Waals surface area contributed by atoms with Crippen LogP contribution in [0.5, 0.6) is 0 Å². The molecule has 2 saturated carbocycles. The van der Waals surface area contributed by atoms with Crippen molar-refractivity contribution < 1.29 is 19.4 Å². The van der Waals surface area contributed by atoms with Gasteiger partial charge in [0, 0.05) is 32.2 Å². The number of aliphatic hydroxyl groups is 1. The SMILES string of the molecule is C[C@]12CCCC(CO)[C@@H]1CC1C(C2)OC(=O)C1CN1CCOCC1. The second-order valence-corrected chi connectivity index (χ2v) is 8.69. The van der Waals surface area contributed by atoms with Crippen LogP contribution in [0.3, 0.4) is 0 Å². The largest absolute Gasteiger partial charge is 0.462 e. The Morgan fingerprint density at radius 2 is 2.12 bits per heavy atom. The second-order valence-electron chi connectivity index (χ2n) is 8.69. The molecule has 4 unspecified atom stereocenters. The molecule has 1 N–H and O–H groups in total. The minimum absolute atomic E-state index is 0.0129. The zero-order chi connectivity index (χ0) is 16.7. The lowest BCUT2D eigenvalue weighted by Crippen LogP contribution is -2.49. The highest BCUT2D eigenvalue weighted by Gasteiger charge is 2.56. The molecule has 136 valence electrons. The van der Waals surface area contributed by atoms with E-state index in [0.29, 0.717) is 24.4 Å². The molecule has 2 aliphatic heterocycles. The second kappa shape index (κ2) is 6.58. The first-order valence-corrected chi connectivity index (χ1v) is 9.72. The van der Waals surface area contributed by atoms with Gasteiger partial charge in [0.05, 0.1) is 19.1 Å². The summed E-state index contributed by atoms with van der Waals surface area (Å²) in [6.07, 6.45) is 5.68. The molecule has 0 amide bonds. The van der Waals surface area contributed by atoms with Gasteiger partial charge in [-0.05, 0) is 42.9 Å². The standard InChI is InChI=1S/C19H31NO4/c1-19-4-2-3-13(12-21)16(19)9-14-15(18(22)24-17(14)10-19)11-20-5-7-23-8-6-20/h13-17,21H,2-12H2,1H3/t13?,14?,15?,16-,17?,19+/m0/s1. The van der Waals surface area contributed by atoms with E-state index < -0.39 is 0 Å². The average Bonchev–Trinajstić information content (AvgIpc) is 2.87. The number of hydrogen-bond donors (Lipinski definition) is 1. The van der Waals surface area contributed by atoms with Crippen LogP contribution in [-0.4, -0.2) is 61.5 Å². The van der Waals surface area contributed by atoms with Crippen LogP contribution in [0.25, 0.3) is 0 Å². The Labute approximate surface area is 144 Å². The van der Waals surface area contributed by atoms with Gasteiger partial charge in [0.25, 0.3) is 0 Å². The maximum absolute atomic E-state index is 12.5. The average molecular weight is 337 g/mol. The van der Waals surface area contributed by atoms with Gasteiger partial charge in [-0.15, -0.1) is 0 Å². The van der Waals surface area contributed by atoms with E-state index >= 15 is 0 Å². The first-order chi connectivity index (χ1) is 11.6. The van der Waals surface area contributed by atoms with E-state index in [4.69, 9.17) is 9.47 Å². The van der Waals surface area contributed by atoms with Crippen LogP contribution in [0.4, 0.5) is 0 Å². The van der Waals surface area contributed by atoms with Crippen LogP contribution in [0.2, 0.25) is 0 Å². The molecule has 4 fully saturated rings. The molecular weight excluding hydrogens is 306 g/mol. The van der Waals surface area contributed by atoms with E-state index in [1.807, 2.05) is 0 Å². The van der Waals surface area contributed by atoms with Crippen molar-refractivity contribution in [1.29, 1.82) is 0 Å². The van der Waals surface area contributed by atoms with E-state index in [9.17, 15) is 9.90 Å². The van der Waals surface area contributed by atoms with Gasteiger partial charge in [-0.3, -0.25) is 9.69 Å². The molecule has 4 rings (SSSR count). The minimum atomic E-state index is 0.0129. The Morgan fingerprint density at radius 3 is 2.88 bits per heavy atom. The lowest BCUT2D eigenvalue weighted by Gasteiger charge is -2.52. The van der Waals surface area contributed by atoms with Crippen molar-refractivity contribution in [1.82, 2.24) is 4.90 Å². The number of fused-ring (bicyclic) bond motifs is 2. The number of hydrogen-bond acceptors (Lipinski definition) is 5. The van der Waals surface area contributed by atoms with Crippen LogP contribution in [0.1, 0.15) is 39.0 Å². The van der Waals surface area contributed by atoms with E-state index in [2.05, 4.69) is 11.8 Å². The number of esters is 1. The molecule has 24 heavy (non-hydrogen) atoms. The van der Waals surface area contributed by atoms with Crippen molar-refractivity contribution in [2.24, 2.45) is 29.1 Å². The zero-order valence-electron chi connectivity index (χ0n) is 14.8. The number of rotatable bonds is 3. The highest BCUT2D eigenvalue weighted by Crippen LogP contribution is 2.57. The molecule has 0 aromatic rings. The summed E-state index contributed by atoms with van der Waals surface area (Å²) >= 11 is 0. The summed E-state index contributed by atoms with van der Waals surface area (Å²) in [5.74, 6) is 1.31. The number of nitrogens with zero attached hydrogens (tertiary/aromatic N) is 1. The molecule has 0 radical (unpaired) electrons. The fraction of sp³-hybridized carbons (Fsp3) is 0.947. The number of aliphatic hydroxyl groups excluding tert-OH is 1. The molecule has 2 aliphatic carbocycles. The molecule has 0 bridgehead atoms. The van der Waals surface area contributed by atoms with E-state index in [1.54, 1.807) is 0 Å². The van der Waals surface area contributed by atoms with Gasteiger partial charge in [0.1, 0.15) is 6.10 Å². The Balaban J connectivity index is 1.50. The highest BCUT2D eigenvalue weighted by atomic mass is 16.6. The summed E-state index contributed by atoms with van der Waals surface area (Å²) in [6, 6.07) is 0. The van der Waals surface area contributed by atoms with Gasteiger partial charge in [0.15, 0.2) is 0 Å². The van der Waals surface area contributed by atoms with Gasteiger partial charge in [-0.2, -0.15) is 0 Å². The molecule has 2 heterocycles. The summed E-state index contributed by atoms with van der Waals surface area (Å²) in [5, 5.41) is 9.84. The summed E-state index contributed by atoms with van der Waals surface area (Å²) < 4.78 is 11.3. The third-order valence-electron chi connectivity index (χ3n) is 7.34. The fourth-order valence-corrected chi connectivity index (χ4v) is 5.96. The van der Waals surface area contributed by atoms with Crippen LogP contribution in [0, 0.1) is 29.1 Å². The van der Waals surface area contributed by atoms with Crippen LogP contribution in [0.15, 0.2) is 0 Å². The van der Waals surface area contributed by atoms with Crippen molar-refractivity contribution in [3.05, 3.63) is 0 Å². The molecular formula is C19H31NO4. The third kappa shape index (κ3) is 2.89. The van der Waals surface area contributed by atoms with Crippen LogP contribution < -0.4 is 0 Å². The summed E-state index contributed by atoms with van der Waals surface area (Å²) in [4.78, 5) is 14.9. The molecule has 4 aliphatic rings. The van der Waals surface area contributed by atoms with Crippen molar-refractivity contribution in [2.75, 3.05) is 39.5 Å². The molecule has 0 aromatic heterocycles. The predicted octanol–water partition coefficient (Wildman–Crippen LogP) is 1.69. The molecule has 2 saturated heterocycles. The van der Waals surface area contributed by atoms with Crippen LogP contribution >= 0.6 is 0 Å². The smallest absolute Gasteiger partial charge is 0.310 e. The van der Waals surface area contributed by atoms with E-state index in [1.165, 1.54) is 12.8 Å². The molecule has 0 spiro atoms. The predicted molar refractivity (Wildman–Crippen MR) is 89.4 cm³/mol. The van der Waals surface area contributed by atoms with Gasteiger partial charge in [-0.1, -0.05) is 13.3 Å². The first kappa shape index (κ1) is 16.8. The number of carbonyl (C=O) groups excluding carboxylic acids is 1. The number of carbonyl (C=O) groups is 1. The van der Waals surface area contributed by atoms with Crippen molar-refractivity contribution in [3.63, 3.8) is 0 Å². The zero-order valence-corrected chi connectivity index (χ0v) is 14.8. The summed E-state index contributed by atoms with van der Waals surface area (Å²) in [5.41, 5.74) is 0.237. The topological polar surface area (TPSA) is 59.0 Å². The minimum Gasteiger partial charge on any atom is -0.462 e. The molecule has 0 aromatic carbocycles. The summed E-state index contributed by atoms with van der Waals surface area (Å²) in [7, 11) is 0. The Kier molecular flexibility index (Phi) is 4.61. The van der Waals surface area contributed by atoms with Crippen molar-refractivity contribution in [3.8, 4) is 0 Å². The van der Waals surface area contributed by atoms with Gasteiger partial charge in [0.2, 0.25) is 0 Å². The van der Waals surface area contributed by atoms with Gasteiger partial charge < -0.3 is 14.6 Å². The lowest BCUT2D eigenvalue weighted by molar-refractivity contribution is -0.147. The van der Waals surface area contributed by atoms with Crippen molar-refractivity contribution in [2.45, 2.75) is 45.1 Å². The number of ether oxygens (including phenoxy) is 2. The lowest BCUT2D eigenvalue weighted by atomic mass is 9.53. The normalized spacial score (nSPS) is 46.2. The van der Waals surface area contributed by atoms with Gasteiger partial charge >= 0.3 is 5.97 Å². The number of morpholine rings is 1. The Hall–Kier alpha value is -0.650. The quantitative estimate of drug-likeness (QED) is 0.794. The molecule has 5 heteroatoms. The summed E-state index contributed by atoms with van der Waals surface area (Å²) in [6.45, 7) is 6.84. The first-order valence-electron chi connectivity index (χ1n) is 9.72.